The Morgan fingerprint density at radius 1 is 0.865 bits per heavy atom. The van der Waals surface area contributed by atoms with Gasteiger partial charge in [-0.25, -0.2) is 4.79 Å². The molecule has 0 bridgehead atoms. The van der Waals surface area contributed by atoms with Crippen LogP contribution in [-0.4, -0.2) is 35.0 Å². The van der Waals surface area contributed by atoms with Gasteiger partial charge in [-0.3, -0.25) is 4.79 Å². The van der Waals surface area contributed by atoms with Crippen LogP contribution in [0.3, 0.4) is 0 Å². The summed E-state index contributed by atoms with van der Waals surface area (Å²) in [6.45, 7) is 0. The Morgan fingerprint density at radius 2 is 1.51 bits per heavy atom. The molecule has 186 valence electrons. The van der Waals surface area contributed by atoms with Crippen molar-refractivity contribution in [1.82, 2.24) is 4.90 Å². The maximum atomic E-state index is 14.0. The number of halogens is 1. The summed E-state index contributed by atoms with van der Waals surface area (Å²) >= 11 is 6.62. The minimum Gasteiger partial charge on any atom is -0.496 e. The zero-order valence-corrected chi connectivity index (χ0v) is 21.0. The Hall–Kier alpha value is -4.09. The van der Waals surface area contributed by atoms with E-state index in [1.165, 1.54) is 4.90 Å². The van der Waals surface area contributed by atoms with Gasteiger partial charge in [-0.15, -0.1) is 0 Å². The van der Waals surface area contributed by atoms with Crippen molar-refractivity contribution in [1.29, 1.82) is 0 Å². The van der Waals surface area contributed by atoms with Crippen molar-refractivity contribution in [2.75, 3.05) is 7.11 Å². The second kappa shape index (κ2) is 10.5. The van der Waals surface area contributed by atoms with E-state index in [4.69, 9.17) is 16.3 Å². The lowest BCUT2D eigenvalue weighted by atomic mass is 9.87. The van der Waals surface area contributed by atoms with Crippen molar-refractivity contribution in [2.24, 2.45) is 0 Å². The van der Waals surface area contributed by atoms with Gasteiger partial charge in [0, 0.05) is 22.1 Å². The van der Waals surface area contributed by atoms with E-state index in [2.05, 4.69) is 0 Å². The van der Waals surface area contributed by atoms with E-state index in [9.17, 15) is 14.7 Å². The lowest BCUT2D eigenvalue weighted by molar-refractivity contribution is -0.141. The fraction of sp³-hybridized carbons (Fsp3) is 0.161. The van der Waals surface area contributed by atoms with Crippen molar-refractivity contribution < 1.29 is 19.4 Å². The van der Waals surface area contributed by atoms with Crippen LogP contribution in [0.1, 0.15) is 39.9 Å². The molecule has 3 atom stereocenters. The van der Waals surface area contributed by atoms with E-state index in [1.807, 2.05) is 84.9 Å². The van der Waals surface area contributed by atoms with Gasteiger partial charge >= 0.3 is 5.97 Å². The van der Waals surface area contributed by atoms with Gasteiger partial charge in [-0.1, -0.05) is 90.5 Å². The summed E-state index contributed by atoms with van der Waals surface area (Å²) in [4.78, 5) is 28.0. The number of likely N-dealkylation sites (tertiary alicyclic amines) is 1. The number of carbonyl (C=O) groups excluding carboxylic acids is 1. The summed E-state index contributed by atoms with van der Waals surface area (Å²) in [7, 11) is 1.62. The Morgan fingerprint density at radius 3 is 2.19 bits per heavy atom. The smallest absolute Gasteiger partial charge is 0.326 e. The molecule has 1 amide bonds. The van der Waals surface area contributed by atoms with Crippen molar-refractivity contribution in [2.45, 2.75) is 24.4 Å². The number of carboxylic acid groups (broad SMARTS) is 1. The highest BCUT2D eigenvalue weighted by molar-refractivity contribution is 6.31. The SMILES string of the molecule is COc1ccccc1-c1ccc(C(=O)N2[C@H](C(=O)O)C[C@H](c3ccccc3)[C@@H]2c2ccccc2Cl)cc1. The molecule has 0 radical (unpaired) electrons. The number of nitrogens with zero attached hydrogens (tertiary/aromatic N) is 1. The van der Waals surface area contributed by atoms with E-state index in [-0.39, 0.29) is 11.8 Å². The molecule has 0 aliphatic carbocycles. The number of amides is 1. The average molecular weight is 512 g/mol. The Balaban J connectivity index is 1.57. The first-order chi connectivity index (χ1) is 18.0. The number of carboxylic acids is 1. The first-order valence-corrected chi connectivity index (χ1v) is 12.5. The summed E-state index contributed by atoms with van der Waals surface area (Å²) < 4.78 is 5.47. The fourth-order valence-corrected chi connectivity index (χ4v) is 5.53. The van der Waals surface area contributed by atoms with E-state index in [0.717, 1.165) is 28.0 Å². The summed E-state index contributed by atoms with van der Waals surface area (Å²) in [5.41, 5.74) is 3.93. The van der Waals surface area contributed by atoms with Crippen LogP contribution in [0.25, 0.3) is 11.1 Å². The fourth-order valence-electron chi connectivity index (χ4n) is 5.28. The number of aliphatic carboxylic acids is 1. The third-order valence-corrected chi connectivity index (χ3v) is 7.36. The molecule has 1 heterocycles. The van der Waals surface area contributed by atoms with Gasteiger partial charge in [0.25, 0.3) is 5.91 Å². The molecule has 1 aliphatic rings. The van der Waals surface area contributed by atoms with Crippen molar-refractivity contribution >= 4 is 23.5 Å². The molecule has 0 unspecified atom stereocenters. The number of hydrogen-bond donors (Lipinski definition) is 1. The van der Waals surface area contributed by atoms with Crippen LogP contribution in [0.4, 0.5) is 0 Å². The second-order valence-corrected chi connectivity index (χ2v) is 9.47. The van der Waals surface area contributed by atoms with Gasteiger partial charge < -0.3 is 14.7 Å². The van der Waals surface area contributed by atoms with Gasteiger partial charge in [0.2, 0.25) is 0 Å². The molecule has 1 N–H and O–H groups in total. The second-order valence-electron chi connectivity index (χ2n) is 9.06. The largest absolute Gasteiger partial charge is 0.496 e. The maximum absolute atomic E-state index is 14.0. The minimum absolute atomic E-state index is 0.223. The van der Waals surface area contributed by atoms with E-state index < -0.39 is 18.1 Å². The molecule has 1 fully saturated rings. The van der Waals surface area contributed by atoms with E-state index in [0.29, 0.717) is 17.0 Å². The van der Waals surface area contributed by atoms with Crippen LogP contribution in [0.5, 0.6) is 5.75 Å². The number of rotatable bonds is 6. The van der Waals surface area contributed by atoms with E-state index >= 15 is 0 Å². The summed E-state index contributed by atoms with van der Waals surface area (Å²) in [5.74, 6) is -0.868. The van der Waals surface area contributed by atoms with Gasteiger partial charge in [0.15, 0.2) is 0 Å². The lowest BCUT2D eigenvalue weighted by Gasteiger charge is -2.31. The molecule has 5 nitrogen and oxygen atoms in total. The summed E-state index contributed by atoms with van der Waals surface area (Å²) in [6.07, 6.45) is 0.292. The highest BCUT2D eigenvalue weighted by atomic mass is 35.5. The molecule has 4 aromatic rings. The quantitative estimate of drug-likeness (QED) is 0.308. The Kier molecular flexibility index (Phi) is 6.97. The molecule has 4 aromatic carbocycles. The summed E-state index contributed by atoms with van der Waals surface area (Å²) in [6, 6.07) is 30.4. The van der Waals surface area contributed by atoms with Gasteiger partial charge in [0.1, 0.15) is 11.8 Å². The molecule has 0 saturated carbocycles. The number of methoxy groups -OCH3 is 1. The predicted octanol–water partition coefficient (Wildman–Crippen LogP) is 6.84. The van der Waals surface area contributed by atoms with Crippen LogP contribution < -0.4 is 4.74 Å². The monoisotopic (exact) mass is 511 g/mol. The normalized spacial score (nSPS) is 19.0. The molecular weight excluding hydrogens is 486 g/mol. The average Bonchev–Trinajstić information content (AvgIpc) is 3.34. The van der Waals surface area contributed by atoms with E-state index in [1.54, 1.807) is 25.3 Å². The topological polar surface area (TPSA) is 66.8 Å². The molecule has 1 saturated heterocycles. The van der Waals surface area contributed by atoms with Crippen LogP contribution in [-0.2, 0) is 4.79 Å². The lowest BCUT2D eigenvalue weighted by Crippen LogP contribution is -2.42. The number of para-hydroxylation sites is 1. The van der Waals surface area contributed by atoms with Crippen LogP contribution in [0, 0.1) is 0 Å². The molecule has 5 rings (SSSR count). The molecule has 1 aliphatic heterocycles. The number of carbonyl (C=O) groups is 2. The standard InChI is InChI=1S/C31H26ClNO4/c1-37-28-14-8-6-11-23(28)21-15-17-22(18-16-21)30(34)33-27(31(35)36)19-25(20-9-3-2-4-10-20)29(33)24-12-5-7-13-26(24)32/h2-18,25,27,29H,19H2,1H3,(H,35,36)/t25-,27+,29+/m1/s1. The first kappa shape index (κ1) is 24.6. The Labute approximate surface area is 220 Å². The molecule has 37 heavy (non-hydrogen) atoms. The highest BCUT2D eigenvalue weighted by Gasteiger charge is 2.49. The highest BCUT2D eigenvalue weighted by Crippen LogP contribution is 2.49. The van der Waals surface area contributed by atoms with Crippen LogP contribution in [0.2, 0.25) is 5.02 Å². The predicted molar refractivity (Wildman–Crippen MR) is 144 cm³/mol. The minimum atomic E-state index is -1.03. The maximum Gasteiger partial charge on any atom is 0.326 e. The number of ether oxygens (including phenoxy) is 1. The third-order valence-electron chi connectivity index (χ3n) is 7.01. The zero-order valence-electron chi connectivity index (χ0n) is 20.3. The number of benzene rings is 4. The molecule has 0 spiro atoms. The van der Waals surface area contributed by atoms with Gasteiger partial charge in [-0.05, 0) is 47.4 Å². The summed E-state index contributed by atoms with van der Waals surface area (Å²) in [5, 5.41) is 10.7. The zero-order chi connectivity index (χ0) is 25.9. The Bertz CT molecular complexity index is 1420. The molecule has 6 heteroatoms. The van der Waals surface area contributed by atoms with Crippen molar-refractivity contribution in [3.05, 3.63) is 125 Å². The van der Waals surface area contributed by atoms with Crippen LogP contribution in [0.15, 0.2) is 103 Å². The molecule has 0 aromatic heterocycles. The number of hydrogen-bond acceptors (Lipinski definition) is 3. The molecular formula is C31H26ClNO4. The van der Waals surface area contributed by atoms with Gasteiger partial charge in [-0.2, -0.15) is 0 Å². The van der Waals surface area contributed by atoms with Crippen molar-refractivity contribution in [3.8, 4) is 16.9 Å². The first-order valence-electron chi connectivity index (χ1n) is 12.1. The van der Waals surface area contributed by atoms with Crippen LogP contribution >= 0.6 is 11.6 Å². The van der Waals surface area contributed by atoms with Gasteiger partial charge in [0.05, 0.1) is 13.2 Å². The third kappa shape index (κ3) is 4.70. The van der Waals surface area contributed by atoms with Crippen molar-refractivity contribution in [3.63, 3.8) is 0 Å².